The maximum atomic E-state index is 5.49. The second-order valence-electron chi connectivity index (χ2n) is 4.94. The molecule has 0 unspecified atom stereocenters. The van der Waals surface area contributed by atoms with E-state index in [9.17, 15) is 0 Å². The van der Waals surface area contributed by atoms with Gasteiger partial charge in [-0.15, -0.1) is 0 Å². The van der Waals surface area contributed by atoms with Crippen molar-refractivity contribution >= 4 is 11.8 Å². The Hall–Kier alpha value is 0.270. The Kier molecular flexibility index (Phi) is 10.2. The maximum Gasteiger partial charge on any atom is 0.0590 e. The molecule has 2 nitrogen and oxygen atoms in total. The Morgan fingerprint density at radius 2 is 2.00 bits per heavy atom. The third-order valence-corrected chi connectivity index (χ3v) is 4.52. The van der Waals surface area contributed by atoms with Gasteiger partial charge in [0.15, 0.2) is 0 Å². The number of hydrogen-bond acceptors (Lipinski definition) is 3. The van der Waals surface area contributed by atoms with Crippen molar-refractivity contribution in [1.82, 2.24) is 5.32 Å². The summed E-state index contributed by atoms with van der Waals surface area (Å²) in [5.41, 5.74) is 0. The lowest BCUT2D eigenvalue weighted by Gasteiger charge is -2.09. The summed E-state index contributed by atoms with van der Waals surface area (Å²) in [6, 6.07) is 0. The molecule has 0 heterocycles. The largest absolute Gasteiger partial charge is 0.380 e. The number of unbranched alkanes of at least 4 members (excludes halogenated alkanes) is 1. The normalized spacial score (nSPS) is 16.8. The predicted molar refractivity (Wildman–Crippen MR) is 77.9 cm³/mol. The highest BCUT2D eigenvalue weighted by Gasteiger charge is 2.13. The Bertz CT molecular complexity index is 160. The summed E-state index contributed by atoms with van der Waals surface area (Å²) in [5, 5.41) is 3.44. The quantitative estimate of drug-likeness (QED) is 0.575. The summed E-state index contributed by atoms with van der Waals surface area (Å²) < 4.78 is 5.49. The third kappa shape index (κ3) is 8.92. The minimum atomic E-state index is 0.868. The van der Waals surface area contributed by atoms with Gasteiger partial charge in [-0.2, -0.15) is 11.8 Å². The predicted octanol–water partition coefficient (Wildman–Crippen LogP) is 3.32. The van der Waals surface area contributed by atoms with Crippen LogP contribution in [0.5, 0.6) is 0 Å². The second kappa shape index (κ2) is 11.4. The molecule has 0 spiro atoms. The first-order chi connectivity index (χ1) is 8.43. The lowest BCUT2D eigenvalue weighted by atomic mass is 10.1. The lowest BCUT2D eigenvalue weighted by molar-refractivity contribution is 0.133. The SMILES string of the molecule is CCCCOCCNCCSCC1CCCC1. The molecule has 1 aliphatic rings. The molecule has 1 saturated carbocycles. The van der Waals surface area contributed by atoms with Crippen LogP contribution in [0.2, 0.25) is 0 Å². The van der Waals surface area contributed by atoms with E-state index in [0.717, 1.165) is 32.2 Å². The molecule has 1 fully saturated rings. The zero-order chi connectivity index (χ0) is 12.2. The monoisotopic (exact) mass is 259 g/mol. The third-order valence-electron chi connectivity index (χ3n) is 3.32. The molecule has 102 valence electrons. The van der Waals surface area contributed by atoms with Crippen LogP contribution in [0.3, 0.4) is 0 Å². The summed E-state index contributed by atoms with van der Waals surface area (Å²) in [5.74, 6) is 3.66. The minimum Gasteiger partial charge on any atom is -0.380 e. The first kappa shape index (κ1) is 15.3. The van der Waals surface area contributed by atoms with Crippen molar-refractivity contribution in [2.24, 2.45) is 5.92 Å². The molecule has 1 rings (SSSR count). The van der Waals surface area contributed by atoms with E-state index in [0.29, 0.717) is 0 Å². The van der Waals surface area contributed by atoms with Crippen LogP contribution in [0.4, 0.5) is 0 Å². The van der Waals surface area contributed by atoms with E-state index in [4.69, 9.17) is 4.74 Å². The molecule has 0 saturated heterocycles. The molecule has 0 atom stereocenters. The summed E-state index contributed by atoms with van der Waals surface area (Å²) in [6.07, 6.45) is 8.32. The number of thioether (sulfide) groups is 1. The molecule has 0 aromatic heterocycles. The van der Waals surface area contributed by atoms with Gasteiger partial charge < -0.3 is 10.1 Å². The average Bonchev–Trinajstić information content (AvgIpc) is 2.85. The molecular weight excluding hydrogens is 230 g/mol. The van der Waals surface area contributed by atoms with Gasteiger partial charge >= 0.3 is 0 Å². The topological polar surface area (TPSA) is 21.3 Å². The van der Waals surface area contributed by atoms with Crippen LogP contribution < -0.4 is 5.32 Å². The highest BCUT2D eigenvalue weighted by molar-refractivity contribution is 7.99. The van der Waals surface area contributed by atoms with Gasteiger partial charge in [-0.3, -0.25) is 0 Å². The molecule has 0 aromatic rings. The molecule has 0 aliphatic heterocycles. The second-order valence-corrected chi connectivity index (χ2v) is 6.09. The first-order valence-corrected chi connectivity index (χ1v) is 8.45. The standard InChI is InChI=1S/C14H29NOS/c1-2-3-10-16-11-8-15-9-12-17-13-14-6-4-5-7-14/h14-15H,2-13H2,1H3. The van der Waals surface area contributed by atoms with E-state index in [1.165, 1.54) is 50.0 Å². The van der Waals surface area contributed by atoms with Crippen LogP contribution in [0.25, 0.3) is 0 Å². The van der Waals surface area contributed by atoms with Crippen LogP contribution in [0.15, 0.2) is 0 Å². The van der Waals surface area contributed by atoms with E-state index in [2.05, 4.69) is 24.0 Å². The van der Waals surface area contributed by atoms with Gasteiger partial charge in [0.2, 0.25) is 0 Å². The number of hydrogen-bond donors (Lipinski definition) is 1. The van der Waals surface area contributed by atoms with Gasteiger partial charge in [0.1, 0.15) is 0 Å². The highest BCUT2D eigenvalue weighted by atomic mass is 32.2. The van der Waals surface area contributed by atoms with Crippen molar-refractivity contribution in [3.05, 3.63) is 0 Å². The molecule has 0 bridgehead atoms. The fourth-order valence-corrected chi connectivity index (χ4v) is 3.31. The van der Waals surface area contributed by atoms with Crippen molar-refractivity contribution in [1.29, 1.82) is 0 Å². The van der Waals surface area contributed by atoms with Crippen LogP contribution in [-0.4, -0.2) is 37.8 Å². The van der Waals surface area contributed by atoms with Crippen LogP contribution in [-0.2, 0) is 4.74 Å². The average molecular weight is 259 g/mol. The van der Waals surface area contributed by atoms with E-state index in [1.54, 1.807) is 0 Å². The van der Waals surface area contributed by atoms with Gasteiger partial charge in [0.25, 0.3) is 0 Å². The van der Waals surface area contributed by atoms with Crippen LogP contribution in [0, 0.1) is 5.92 Å². The number of nitrogens with one attached hydrogen (secondary N) is 1. The van der Waals surface area contributed by atoms with Gasteiger partial charge in [-0.25, -0.2) is 0 Å². The van der Waals surface area contributed by atoms with Crippen molar-refractivity contribution < 1.29 is 4.74 Å². The zero-order valence-corrected chi connectivity index (χ0v) is 12.2. The summed E-state index contributed by atoms with van der Waals surface area (Å²) in [4.78, 5) is 0. The molecule has 3 heteroatoms. The molecule has 1 N–H and O–H groups in total. The molecule has 0 amide bonds. The van der Waals surface area contributed by atoms with Gasteiger partial charge in [-0.1, -0.05) is 26.2 Å². The minimum absolute atomic E-state index is 0.868. The lowest BCUT2D eigenvalue weighted by Crippen LogP contribution is -2.22. The fraction of sp³-hybridized carbons (Fsp3) is 1.00. The maximum absolute atomic E-state index is 5.49. The van der Waals surface area contributed by atoms with Gasteiger partial charge in [0.05, 0.1) is 6.61 Å². The molecule has 1 aliphatic carbocycles. The Morgan fingerprint density at radius 1 is 1.18 bits per heavy atom. The zero-order valence-electron chi connectivity index (χ0n) is 11.4. The van der Waals surface area contributed by atoms with Crippen molar-refractivity contribution in [3.63, 3.8) is 0 Å². The first-order valence-electron chi connectivity index (χ1n) is 7.29. The fourth-order valence-electron chi connectivity index (χ4n) is 2.19. The van der Waals surface area contributed by atoms with E-state index in [-0.39, 0.29) is 0 Å². The van der Waals surface area contributed by atoms with Gasteiger partial charge in [-0.05, 0) is 30.9 Å². The molecular formula is C14H29NOS. The van der Waals surface area contributed by atoms with Crippen molar-refractivity contribution in [2.75, 3.05) is 37.8 Å². The van der Waals surface area contributed by atoms with Gasteiger partial charge in [0, 0.05) is 25.4 Å². The Morgan fingerprint density at radius 3 is 2.76 bits per heavy atom. The Balaban J connectivity index is 1.69. The highest BCUT2D eigenvalue weighted by Crippen LogP contribution is 2.27. The number of rotatable bonds is 11. The van der Waals surface area contributed by atoms with E-state index < -0.39 is 0 Å². The van der Waals surface area contributed by atoms with Crippen LogP contribution in [0.1, 0.15) is 45.4 Å². The van der Waals surface area contributed by atoms with E-state index >= 15 is 0 Å². The van der Waals surface area contributed by atoms with E-state index in [1.807, 2.05) is 0 Å². The van der Waals surface area contributed by atoms with Crippen molar-refractivity contribution in [3.8, 4) is 0 Å². The van der Waals surface area contributed by atoms with Crippen molar-refractivity contribution in [2.45, 2.75) is 45.4 Å². The van der Waals surface area contributed by atoms with Crippen LogP contribution >= 0.6 is 11.8 Å². The molecule has 17 heavy (non-hydrogen) atoms. The smallest absolute Gasteiger partial charge is 0.0590 e. The summed E-state index contributed by atoms with van der Waals surface area (Å²) in [6.45, 7) is 6.13. The molecule has 0 radical (unpaired) electrons. The number of ether oxygens (including phenoxy) is 1. The molecule has 0 aromatic carbocycles. The summed E-state index contributed by atoms with van der Waals surface area (Å²) in [7, 11) is 0. The Labute approximate surface area is 111 Å². The summed E-state index contributed by atoms with van der Waals surface area (Å²) >= 11 is 2.12.